The lowest BCUT2D eigenvalue weighted by Crippen LogP contribution is -2.12. The van der Waals surface area contributed by atoms with Crippen molar-refractivity contribution in [3.63, 3.8) is 0 Å². The van der Waals surface area contributed by atoms with Crippen molar-refractivity contribution in [1.29, 1.82) is 0 Å². The van der Waals surface area contributed by atoms with E-state index in [1.807, 2.05) is 6.07 Å². The molecule has 152 valence electrons. The predicted molar refractivity (Wildman–Crippen MR) is 131 cm³/mol. The molecule has 0 heterocycles. The minimum atomic E-state index is -0.555. The SMILES string of the molecule is Fc1cc(-c2ccc(-c3ccc(C4CCC(I)CC4)cc3)cc2F)ccc1N=C=S. The molecule has 0 aromatic heterocycles. The predicted octanol–water partition coefficient (Wildman–Crippen LogP) is 8.49. The summed E-state index contributed by atoms with van der Waals surface area (Å²) in [6.07, 6.45) is 5.03. The molecule has 3 aromatic carbocycles. The topological polar surface area (TPSA) is 12.4 Å². The first-order chi connectivity index (χ1) is 14.5. The van der Waals surface area contributed by atoms with Gasteiger partial charge in [-0.15, -0.1) is 0 Å². The van der Waals surface area contributed by atoms with E-state index >= 15 is 0 Å². The highest BCUT2D eigenvalue weighted by Crippen LogP contribution is 2.37. The number of halogens is 3. The van der Waals surface area contributed by atoms with Crippen LogP contribution in [-0.4, -0.2) is 9.09 Å². The summed E-state index contributed by atoms with van der Waals surface area (Å²) in [6.45, 7) is 0. The van der Waals surface area contributed by atoms with Gasteiger partial charge < -0.3 is 0 Å². The molecule has 0 radical (unpaired) electrons. The van der Waals surface area contributed by atoms with Crippen LogP contribution in [0.2, 0.25) is 0 Å². The molecule has 3 aromatic rings. The maximum Gasteiger partial charge on any atom is 0.150 e. The maximum atomic E-state index is 14.8. The van der Waals surface area contributed by atoms with Gasteiger partial charge in [-0.1, -0.05) is 65.1 Å². The second kappa shape index (κ2) is 9.46. The number of hydrogen-bond acceptors (Lipinski definition) is 2. The van der Waals surface area contributed by atoms with E-state index in [1.54, 1.807) is 12.1 Å². The van der Waals surface area contributed by atoms with Crippen LogP contribution in [0.3, 0.4) is 0 Å². The third kappa shape index (κ3) is 4.69. The van der Waals surface area contributed by atoms with Crippen LogP contribution >= 0.6 is 34.8 Å². The fourth-order valence-electron chi connectivity index (χ4n) is 4.08. The number of benzene rings is 3. The third-order valence-electron chi connectivity index (χ3n) is 5.77. The molecule has 0 atom stereocenters. The molecule has 0 amide bonds. The molecular formula is C25H20F2INS. The molecule has 1 fully saturated rings. The van der Waals surface area contributed by atoms with E-state index < -0.39 is 5.82 Å². The summed E-state index contributed by atoms with van der Waals surface area (Å²) in [5.74, 6) is -0.312. The number of rotatable bonds is 4. The summed E-state index contributed by atoms with van der Waals surface area (Å²) in [7, 11) is 0. The van der Waals surface area contributed by atoms with Gasteiger partial charge in [0.05, 0.1) is 5.16 Å². The average molecular weight is 531 g/mol. The van der Waals surface area contributed by atoms with E-state index in [0.29, 0.717) is 17.0 Å². The van der Waals surface area contributed by atoms with Crippen LogP contribution in [0.4, 0.5) is 14.5 Å². The van der Waals surface area contributed by atoms with Crippen molar-refractivity contribution in [3.8, 4) is 22.3 Å². The van der Waals surface area contributed by atoms with Gasteiger partial charge in [0.1, 0.15) is 17.3 Å². The van der Waals surface area contributed by atoms with E-state index in [9.17, 15) is 8.78 Å². The lowest BCUT2D eigenvalue weighted by atomic mass is 9.83. The van der Waals surface area contributed by atoms with E-state index in [-0.39, 0.29) is 11.5 Å². The zero-order chi connectivity index (χ0) is 21.1. The molecule has 0 bridgehead atoms. The van der Waals surface area contributed by atoms with E-state index in [2.05, 4.69) is 69.2 Å². The fourth-order valence-corrected chi connectivity index (χ4v) is 4.89. The number of aliphatic imine (C=N–C) groups is 1. The first kappa shape index (κ1) is 21.3. The standard InChI is InChI=1S/C25H20F2INS/c26-23-13-19(7-11-22(23)20-8-12-25(29-15-30)24(27)14-20)18-3-1-16(2-4-18)17-5-9-21(28)10-6-17/h1-4,7-8,11-14,17,21H,5-6,9-10H2. The van der Waals surface area contributed by atoms with Crippen molar-refractivity contribution < 1.29 is 8.78 Å². The van der Waals surface area contributed by atoms with Crippen LogP contribution in [0.5, 0.6) is 0 Å². The summed E-state index contributed by atoms with van der Waals surface area (Å²) in [5.41, 5.74) is 4.06. The normalized spacial score (nSPS) is 18.6. The molecule has 4 rings (SSSR count). The Labute approximate surface area is 194 Å². The Balaban J connectivity index is 1.56. The van der Waals surface area contributed by atoms with Gasteiger partial charge in [0.15, 0.2) is 0 Å². The number of alkyl halides is 1. The van der Waals surface area contributed by atoms with Crippen LogP contribution in [0, 0.1) is 11.6 Å². The highest BCUT2D eigenvalue weighted by atomic mass is 127. The Morgan fingerprint density at radius 3 is 2.07 bits per heavy atom. The van der Waals surface area contributed by atoms with Gasteiger partial charge in [-0.05, 0) is 84.3 Å². The largest absolute Gasteiger partial charge is 0.206 e. The first-order valence-corrected chi connectivity index (χ1v) is 11.6. The Hall–Kier alpha value is -1.95. The molecule has 5 heteroatoms. The number of hydrogen-bond donors (Lipinski definition) is 0. The van der Waals surface area contributed by atoms with Crippen molar-refractivity contribution >= 4 is 45.7 Å². The first-order valence-electron chi connectivity index (χ1n) is 9.97. The minimum absolute atomic E-state index is 0.0952. The number of isothiocyanates is 1. The van der Waals surface area contributed by atoms with Crippen LogP contribution in [0.25, 0.3) is 22.3 Å². The minimum Gasteiger partial charge on any atom is -0.206 e. The van der Waals surface area contributed by atoms with E-state index in [1.165, 1.54) is 49.4 Å². The van der Waals surface area contributed by atoms with Crippen molar-refractivity contribution in [2.24, 2.45) is 4.99 Å². The summed E-state index contributed by atoms with van der Waals surface area (Å²) in [4.78, 5) is 3.66. The van der Waals surface area contributed by atoms with Crippen LogP contribution in [0.1, 0.15) is 37.2 Å². The Morgan fingerprint density at radius 2 is 1.43 bits per heavy atom. The fraction of sp³-hybridized carbons (Fsp3) is 0.240. The number of thiocarbonyl (C=S) groups is 1. The van der Waals surface area contributed by atoms with Crippen LogP contribution in [0.15, 0.2) is 65.7 Å². The third-order valence-corrected chi connectivity index (χ3v) is 7.10. The molecule has 0 saturated heterocycles. The molecule has 1 aliphatic carbocycles. The monoisotopic (exact) mass is 531 g/mol. The quantitative estimate of drug-likeness (QED) is 0.142. The molecule has 1 nitrogen and oxygen atoms in total. The van der Waals surface area contributed by atoms with Gasteiger partial charge >= 0.3 is 0 Å². The Kier molecular flexibility index (Phi) is 6.71. The Morgan fingerprint density at radius 1 is 0.800 bits per heavy atom. The molecule has 1 aliphatic rings. The molecular weight excluding hydrogens is 511 g/mol. The van der Waals surface area contributed by atoms with Gasteiger partial charge in [-0.2, -0.15) is 4.99 Å². The van der Waals surface area contributed by atoms with Crippen molar-refractivity contribution in [3.05, 3.63) is 77.9 Å². The lowest BCUT2D eigenvalue weighted by Gasteiger charge is -2.25. The summed E-state index contributed by atoms with van der Waals surface area (Å²) in [5, 5.41) is 2.14. The summed E-state index contributed by atoms with van der Waals surface area (Å²) in [6, 6.07) is 17.9. The van der Waals surface area contributed by atoms with Gasteiger partial charge in [0.25, 0.3) is 0 Å². The highest BCUT2D eigenvalue weighted by Gasteiger charge is 2.20. The van der Waals surface area contributed by atoms with Crippen molar-refractivity contribution in [2.45, 2.75) is 35.5 Å². The van der Waals surface area contributed by atoms with Crippen molar-refractivity contribution in [1.82, 2.24) is 0 Å². The lowest BCUT2D eigenvalue weighted by molar-refractivity contribution is 0.462. The zero-order valence-corrected chi connectivity index (χ0v) is 19.2. The van der Waals surface area contributed by atoms with Gasteiger partial charge in [-0.25, -0.2) is 8.78 Å². The van der Waals surface area contributed by atoms with Crippen LogP contribution < -0.4 is 0 Å². The Bertz CT molecular complexity index is 1100. The van der Waals surface area contributed by atoms with Crippen molar-refractivity contribution in [2.75, 3.05) is 0 Å². The second-order valence-corrected chi connectivity index (χ2v) is 9.58. The molecule has 1 saturated carbocycles. The summed E-state index contributed by atoms with van der Waals surface area (Å²) < 4.78 is 29.7. The second-order valence-electron chi connectivity index (χ2n) is 7.63. The van der Waals surface area contributed by atoms with Gasteiger partial charge in [-0.3, -0.25) is 0 Å². The highest BCUT2D eigenvalue weighted by molar-refractivity contribution is 14.1. The van der Waals surface area contributed by atoms with E-state index in [4.69, 9.17) is 0 Å². The average Bonchev–Trinajstić information content (AvgIpc) is 2.76. The summed E-state index contributed by atoms with van der Waals surface area (Å²) >= 11 is 7.06. The number of nitrogens with zero attached hydrogens (tertiary/aromatic N) is 1. The maximum absolute atomic E-state index is 14.8. The molecule has 30 heavy (non-hydrogen) atoms. The molecule has 0 unspecified atom stereocenters. The smallest absolute Gasteiger partial charge is 0.150 e. The van der Waals surface area contributed by atoms with Gasteiger partial charge in [0, 0.05) is 9.49 Å². The zero-order valence-electron chi connectivity index (χ0n) is 16.2. The van der Waals surface area contributed by atoms with E-state index in [0.717, 1.165) is 15.1 Å². The molecule has 0 N–H and O–H groups in total. The van der Waals surface area contributed by atoms with Crippen LogP contribution in [-0.2, 0) is 0 Å². The molecule has 0 aliphatic heterocycles. The molecule has 0 spiro atoms. The van der Waals surface area contributed by atoms with Gasteiger partial charge in [0.2, 0.25) is 0 Å².